The number of hydrogen-bond acceptors (Lipinski definition) is 4. The lowest BCUT2D eigenvalue weighted by atomic mass is 10.2. The summed E-state index contributed by atoms with van der Waals surface area (Å²) < 4.78 is 54.2. The van der Waals surface area contributed by atoms with Crippen molar-refractivity contribution in [2.24, 2.45) is 0 Å². The molecule has 0 amide bonds. The number of nitrogens with zero attached hydrogens (tertiary/aromatic N) is 2. The number of aromatic nitrogens is 2. The fraction of sp³-hybridized carbons (Fsp3) is 0.381. The average Bonchev–Trinajstić information content (AvgIpc) is 3.00. The van der Waals surface area contributed by atoms with Gasteiger partial charge in [0.2, 0.25) is 0 Å². The van der Waals surface area contributed by atoms with Crippen molar-refractivity contribution in [3.8, 4) is 11.5 Å². The Bertz CT molecular complexity index is 1040. The van der Waals surface area contributed by atoms with E-state index in [9.17, 15) is 13.2 Å². The van der Waals surface area contributed by atoms with Crippen LogP contribution in [-0.2, 0) is 17.6 Å². The summed E-state index contributed by atoms with van der Waals surface area (Å²) in [7, 11) is -0.746. The number of nitrogens with two attached hydrogens (primary N) is 1. The average molecular weight is 442 g/mol. The Labute approximate surface area is 175 Å². The molecule has 5 nitrogen and oxygen atoms in total. The number of alkyl halides is 3. The highest BCUT2D eigenvalue weighted by molar-refractivity contribution is 8.32. The Morgan fingerprint density at radius 1 is 1.13 bits per heavy atom. The zero-order valence-corrected chi connectivity index (χ0v) is 18.2. The van der Waals surface area contributed by atoms with Gasteiger partial charge in [0.1, 0.15) is 23.9 Å². The van der Waals surface area contributed by atoms with Crippen LogP contribution in [0, 0.1) is 6.92 Å². The summed E-state index contributed by atoms with van der Waals surface area (Å²) in [6.45, 7) is 2.24. The van der Waals surface area contributed by atoms with E-state index in [1.807, 2.05) is 0 Å². The molecule has 0 fully saturated rings. The van der Waals surface area contributed by atoms with E-state index in [-0.39, 0.29) is 23.5 Å². The van der Waals surface area contributed by atoms with Crippen molar-refractivity contribution in [3.63, 3.8) is 0 Å². The first-order valence-corrected chi connectivity index (χ1v) is 12.3. The third kappa shape index (κ3) is 5.20. The van der Waals surface area contributed by atoms with Crippen LogP contribution < -0.4 is 10.5 Å². The zero-order valence-electron chi connectivity index (χ0n) is 17.4. The first-order chi connectivity index (χ1) is 14.0. The van der Waals surface area contributed by atoms with Gasteiger partial charge in [0.05, 0.1) is 17.6 Å². The van der Waals surface area contributed by atoms with Gasteiger partial charge in [0, 0.05) is 23.8 Å². The van der Waals surface area contributed by atoms with E-state index in [0.717, 1.165) is 17.5 Å². The van der Waals surface area contributed by atoms with Crippen molar-refractivity contribution in [2.75, 3.05) is 36.9 Å². The van der Waals surface area contributed by atoms with E-state index in [2.05, 4.69) is 23.8 Å². The van der Waals surface area contributed by atoms with Gasteiger partial charge in [-0.05, 0) is 55.5 Å². The van der Waals surface area contributed by atoms with Crippen LogP contribution >= 0.6 is 10.0 Å². The number of pyridine rings is 1. The zero-order chi connectivity index (χ0) is 22.1. The van der Waals surface area contributed by atoms with Crippen LogP contribution in [0.5, 0.6) is 11.5 Å². The third-order valence-electron chi connectivity index (χ3n) is 4.51. The fourth-order valence-electron chi connectivity index (χ4n) is 2.96. The molecular formula is C21H26F3N3O2S. The Morgan fingerprint density at radius 2 is 1.87 bits per heavy atom. The summed E-state index contributed by atoms with van der Waals surface area (Å²) in [6.07, 6.45) is 4.38. The summed E-state index contributed by atoms with van der Waals surface area (Å²) >= 11 is 0. The highest BCUT2D eigenvalue weighted by atomic mass is 32.3. The first-order valence-electron chi connectivity index (χ1n) is 9.28. The molecule has 0 spiro atoms. The van der Waals surface area contributed by atoms with Crippen molar-refractivity contribution in [3.05, 3.63) is 47.8 Å². The number of benzene rings is 1. The van der Waals surface area contributed by atoms with Crippen molar-refractivity contribution in [2.45, 2.75) is 19.8 Å². The van der Waals surface area contributed by atoms with Gasteiger partial charge in [-0.15, -0.1) is 0 Å². The molecule has 0 aliphatic heterocycles. The predicted octanol–water partition coefficient (Wildman–Crippen LogP) is 5.41. The second kappa shape index (κ2) is 8.39. The lowest BCUT2D eigenvalue weighted by Gasteiger charge is -2.24. The molecule has 9 heteroatoms. The van der Waals surface area contributed by atoms with Gasteiger partial charge in [-0.3, -0.25) is 0 Å². The molecule has 0 radical (unpaired) electrons. The van der Waals surface area contributed by atoms with Gasteiger partial charge < -0.3 is 19.8 Å². The number of ether oxygens (including phenoxy) is 2. The first kappa shape index (κ1) is 22.3. The molecular weight excluding hydrogens is 415 g/mol. The van der Waals surface area contributed by atoms with Crippen molar-refractivity contribution < 1.29 is 22.6 Å². The smallest absolute Gasteiger partial charge is 0.418 e. The molecule has 2 heterocycles. The monoisotopic (exact) mass is 441 g/mol. The summed E-state index contributed by atoms with van der Waals surface area (Å²) in [6, 6.07) is 6.41. The van der Waals surface area contributed by atoms with Crippen LogP contribution in [0.2, 0.25) is 0 Å². The quantitative estimate of drug-likeness (QED) is 0.394. The molecule has 164 valence electrons. The lowest BCUT2D eigenvalue weighted by molar-refractivity contribution is -0.136. The standard InChI is InChI=1S/C21H26F3N3O2S/c1-14-11-15(25)5-6-17(14)29-18-7-8-26-20-19(18)16(21(22,23)24)12-27(20)13-28-9-10-30(2,3)4/h5-8,11-12H,9-10,13,25H2,1-4H3. The van der Waals surface area contributed by atoms with Gasteiger partial charge in [0.15, 0.2) is 0 Å². The SMILES string of the molecule is Cc1cc(N)ccc1Oc1ccnc2c1c(C(F)(F)F)cn2COCCS(C)(C)C. The largest absolute Gasteiger partial charge is 0.456 e. The second-order valence-corrected chi connectivity index (χ2v) is 12.6. The maximum atomic E-state index is 13.8. The van der Waals surface area contributed by atoms with Crippen LogP contribution in [0.1, 0.15) is 11.1 Å². The Morgan fingerprint density at radius 3 is 2.50 bits per heavy atom. The summed E-state index contributed by atoms with van der Waals surface area (Å²) in [5.74, 6) is 1.39. The maximum absolute atomic E-state index is 13.8. The van der Waals surface area contributed by atoms with Crippen LogP contribution in [0.4, 0.5) is 18.9 Å². The molecule has 2 N–H and O–H groups in total. The highest BCUT2D eigenvalue weighted by Gasteiger charge is 2.36. The number of aryl methyl sites for hydroxylation is 1. The number of rotatable bonds is 7. The summed E-state index contributed by atoms with van der Waals surface area (Å²) in [5.41, 5.74) is 6.38. The molecule has 0 aliphatic rings. The predicted molar refractivity (Wildman–Crippen MR) is 117 cm³/mol. The summed E-state index contributed by atoms with van der Waals surface area (Å²) in [5, 5.41) is -0.0914. The molecule has 0 bridgehead atoms. The van der Waals surface area contributed by atoms with Crippen molar-refractivity contribution in [1.82, 2.24) is 9.55 Å². The minimum atomic E-state index is -4.56. The normalized spacial score (nSPS) is 13.0. The Hall–Kier alpha value is -2.39. The lowest BCUT2D eigenvalue weighted by Crippen LogP contribution is -2.10. The highest BCUT2D eigenvalue weighted by Crippen LogP contribution is 2.41. The molecule has 2 aromatic heterocycles. The molecule has 0 atom stereocenters. The molecule has 3 aromatic rings. The summed E-state index contributed by atoms with van der Waals surface area (Å²) in [4.78, 5) is 4.17. The minimum absolute atomic E-state index is 0.0144. The fourth-order valence-corrected chi connectivity index (χ4v) is 3.58. The van der Waals surface area contributed by atoms with E-state index in [4.69, 9.17) is 15.2 Å². The van der Waals surface area contributed by atoms with E-state index >= 15 is 0 Å². The van der Waals surface area contributed by atoms with Gasteiger partial charge >= 0.3 is 6.18 Å². The van der Waals surface area contributed by atoms with Crippen LogP contribution in [-0.4, -0.2) is 40.7 Å². The number of nitrogen functional groups attached to an aromatic ring is 1. The number of anilines is 1. The van der Waals surface area contributed by atoms with Gasteiger partial charge in [-0.25, -0.2) is 15.0 Å². The van der Waals surface area contributed by atoms with E-state index < -0.39 is 21.8 Å². The third-order valence-corrected chi connectivity index (χ3v) is 5.91. The Balaban J connectivity index is 1.97. The van der Waals surface area contributed by atoms with Crippen molar-refractivity contribution >= 4 is 26.7 Å². The van der Waals surface area contributed by atoms with Crippen LogP contribution in [0.3, 0.4) is 0 Å². The van der Waals surface area contributed by atoms with Crippen LogP contribution in [0.15, 0.2) is 36.7 Å². The van der Waals surface area contributed by atoms with E-state index in [1.165, 1.54) is 16.8 Å². The van der Waals surface area contributed by atoms with E-state index in [0.29, 0.717) is 18.0 Å². The van der Waals surface area contributed by atoms with Crippen molar-refractivity contribution in [1.29, 1.82) is 0 Å². The Kier molecular flexibility index (Phi) is 6.24. The minimum Gasteiger partial charge on any atom is -0.456 e. The number of hydrogen-bond donors (Lipinski definition) is 1. The molecule has 0 saturated carbocycles. The molecule has 0 saturated heterocycles. The van der Waals surface area contributed by atoms with Gasteiger partial charge in [0.25, 0.3) is 0 Å². The van der Waals surface area contributed by atoms with Crippen LogP contribution in [0.25, 0.3) is 11.0 Å². The number of halogens is 3. The second-order valence-electron chi connectivity index (χ2n) is 7.98. The van der Waals surface area contributed by atoms with Gasteiger partial charge in [-0.2, -0.15) is 13.2 Å². The molecule has 1 aromatic carbocycles. The van der Waals surface area contributed by atoms with Gasteiger partial charge in [-0.1, -0.05) is 0 Å². The molecule has 0 unspecified atom stereocenters. The number of fused-ring (bicyclic) bond motifs is 1. The molecule has 3 rings (SSSR count). The molecule has 30 heavy (non-hydrogen) atoms. The topological polar surface area (TPSA) is 62.3 Å². The van der Waals surface area contributed by atoms with E-state index in [1.54, 1.807) is 25.1 Å². The maximum Gasteiger partial charge on any atom is 0.418 e. The molecule has 0 aliphatic carbocycles.